The fourth-order valence-corrected chi connectivity index (χ4v) is 2.99. The van der Waals surface area contributed by atoms with Gasteiger partial charge in [-0.15, -0.1) is 0 Å². The summed E-state index contributed by atoms with van der Waals surface area (Å²) in [4.78, 5) is 13.6. The number of rotatable bonds is 7. The predicted molar refractivity (Wildman–Crippen MR) is 104 cm³/mol. The van der Waals surface area contributed by atoms with E-state index in [2.05, 4.69) is 13.0 Å². The van der Waals surface area contributed by atoms with Crippen molar-refractivity contribution in [3.63, 3.8) is 0 Å². The molecule has 1 aromatic heterocycles. The van der Waals surface area contributed by atoms with E-state index < -0.39 is 0 Å². The van der Waals surface area contributed by atoms with E-state index in [0.29, 0.717) is 11.4 Å². The summed E-state index contributed by atoms with van der Waals surface area (Å²) in [6.07, 6.45) is 3.66. The highest BCUT2D eigenvalue weighted by atomic mass is 19.1. The number of benzene rings is 1. The van der Waals surface area contributed by atoms with Crippen LogP contribution in [0.4, 0.5) is 10.1 Å². The van der Waals surface area contributed by atoms with Crippen molar-refractivity contribution in [2.24, 2.45) is 7.05 Å². The van der Waals surface area contributed by atoms with Gasteiger partial charge in [-0.25, -0.2) is 4.39 Å². The number of aldehydes is 1. The lowest BCUT2D eigenvalue weighted by Crippen LogP contribution is -2.16. The summed E-state index contributed by atoms with van der Waals surface area (Å²) in [5, 5.41) is 0. The van der Waals surface area contributed by atoms with Crippen molar-refractivity contribution in [2.45, 2.75) is 40.2 Å². The second kappa shape index (κ2) is 8.21. The Kier molecular flexibility index (Phi) is 6.24. The number of hydrogen-bond donors (Lipinski definition) is 0. The third kappa shape index (κ3) is 3.98. The highest BCUT2D eigenvalue weighted by Crippen LogP contribution is 2.32. The zero-order valence-corrected chi connectivity index (χ0v) is 16.3. The van der Waals surface area contributed by atoms with Gasteiger partial charge in [-0.05, 0) is 57.5 Å². The van der Waals surface area contributed by atoms with Crippen LogP contribution in [0.1, 0.15) is 48.9 Å². The van der Waals surface area contributed by atoms with Gasteiger partial charge in [0.25, 0.3) is 0 Å². The monoisotopic (exact) mass is 358 g/mol. The fourth-order valence-electron chi connectivity index (χ4n) is 2.99. The summed E-state index contributed by atoms with van der Waals surface area (Å²) in [5.41, 5.74) is 4.34. The number of halogens is 1. The molecule has 1 aromatic carbocycles. The summed E-state index contributed by atoms with van der Waals surface area (Å²) in [5.74, 6) is 0.372. The molecule has 0 aliphatic heterocycles. The zero-order valence-electron chi connectivity index (χ0n) is 16.3. The van der Waals surface area contributed by atoms with Crippen LogP contribution < -0.4 is 9.64 Å². The van der Waals surface area contributed by atoms with Gasteiger partial charge in [0.15, 0.2) is 12.0 Å². The first kappa shape index (κ1) is 19.8. The zero-order chi connectivity index (χ0) is 19.4. The van der Waals surface area contributed by atoms with Crippen molar-refractivity contribution in [2.75, 3.05) is 11.9 Å². The lowest BCUT2D eigenvalue weighted by Gasteiger charge is -2.22. The molecule has 2 rings (SSSR count). The Bertz CT molecular complexity index is 804. The second-order valence-corrected chi connectivity index (χ2v) is 6.59. The quantitative estimate of drug-likeness (QED) is 0.656. The molecular weight excluding hydrogens is 331 g/mol. The Morgan fingerprint density at radius 2 is 1.88 bits per heavy atom. The summed E-state index contributed by atoms with van der Waals surface area (Å²) in [6, 6.07) is 6.40. The van der Waals surface area contributed by atoms with E-state index in [1.807, 2.05) is 44.3 Å². The standard InChI is InChI=1S/C21H27FN2O2/c1-7-17(23(5)18-10-8-16(22)9-11-18)12-19-15(4)21(26-14(2)3)20(13-25)24(19)6/h8-14H,7H2,1-6H3/b17-12-. The molecule has 0 fully saturated rings. The van der Waals surface area contributed by atoms with Crippen molar-refractivity contribution in [1.29, 1.82) is 0 Å². The topological polar surface area (TPSA) is 34.5 Å². The lowest BCUT2D eigenvalue weighted by molar-refractivity contribution is 0.111. The molecule has 2 aromatic rings. The molecule has 0 atom stereocenters. The Morgan fingerprint density at radius 1 is 1.27 bits per heavy atom. The number of nitrogens with zero attached hydrogens (tertiary/aromatic N) is 2. The molecule has 0 spiro atoms. The van der Waals surface area contributed by atoms with Gasteiger partial charge in [-0.3, -0.25) is 4.79 Å². The van der Waals surface area contributed by atoms with Gasteiger partial charge in [-0.2, -0.15) is 0 Å². The maximum atomic E-state index is 13.2. The van der Waals surface area contributed by atoms with Crippen molar-refractivity contribution >= 4 is 18.0 Å². The van der Waals surface area contributed by atoms with Crippen molar-refractivity contribution in [1.82, 2.24) is 4.57 Å². The summed E-state index contributed by atoms with van der Waals surface area (Å²) in [6.45, 7) is 7.91. The third-order valence-corrected chi connectivity index (χ3v) is 4.46. The first-order valence-electron chi connectivity index (χ1n) is 8.81. The molecule has 0 radical (unpaired) electrons. The third-order valence-electron chi connectivity index (χ3n) is 4.46. The molecular formula is C21H27FN2O2. The Morgan fingerprint density at radius 3 is 2.38 bits per heavy atom. The van der Waals surface area contributed by atoms with Crippen LogP contribution in [-0.4, -0.2) is 24.0 Å². The Balaban J connectivity index is 2.50. The average Bonchev–Trinajstić information content (AvgIpc) is 2.82. The number of ether oxygens (including phenoxy) is 1. The van der Waals surface area contributed by atoms with E-state index in [1.54, 1.807) is 12.1 Å². The van der Waals surface area contributed by atoms with E-state index in [4.69, 9.17) is 4.74 Å². The maximum Gasteiger partial charge on any atom is 0.170 e. The molecule has 0 saturated carbocycles. The Hall–Kier alpha value is -2.56. The molecule has 0 N–H and O–H groups in total. The molecule has 4 nitrogen and oxygen atoms in total. The van der Waals surface area contributed by atoms with E-state index in [1.165, 1.54) is 12.1 Å². The first-order chi connectivity index (χ1) is 12.3. The minimum absolute atomic E-state index is 0.0147. The van der Waals surface area contributed by atoms with Crippen LogP contribution in [-0.2, 0) is 7.05 Å². The minimum atomic E-state index is -0.256. The van der Waals surface area contributed by atoms with Gasteiger partial charge in [-0.1, -0.05) is 6.92 Å². The molecule has 140 valence electrons. The van der Waals surface area contributed by atoms with E-state index in [-0.39, 0.29) is 11.9 Å². The minimum Gasteiger partial charge on any atom is -0.488 e. The largest absolute Gasteiger partial charge is 0.488 e. The van der Waals surface area contributed by atoms with Crippen molar-refractivity contribution in [3.05, 3.63) is 52.7 Å². The summed E-state index contributed by atoms with van der Waals surface area (Å²) in [7, 11) is 3.81. The van der Waals surface area contributed by atoms with E-state index in [0.717, 1.165) is 35.3 Å². The number of hydrogen-bond acceptors (Lipinski definition) is 3. The number of carbonyl (C=O) groups excluding carboxylic acids is 1. The molecule has 0 amide bonds. The van der Waals surface area contributed by atoms with Crippen LogP contribution in [0.3, 0.4) is 0 Å². The number of carbonyl (C=O) groups is 1. The van der Waals surface area contributed by atoms with Gasteiger partial charge >= 0.3 is 0 Å². The smallest absolute Gasteiger partial charge is 0.170 e. The number of anilines is 1. The van der Waals surface area contributed by atoms with Gasteiger partial charge in [0.1, 0.15) is 11.5 Å². The average molecular weight is 358 g/mol. The van der Waals surface area contributed by atoms with E-state index >= 15 is 0 Å². The molecule has 0 bridgehead atoms. The highest BCUT2D eigenvalue weighted by Gasteiger charge is 2.20. The molecule has 1 heterocycles. The maximum absolute atomic E-state index is 13.2. The van der Waals surface area contributed by atoms with Crippen LogP contribution in [0.5, 0.6) is 5.75 Å². The van der Waals surface area contributed by atoms with Crippen LogP contribution in [0.2, 0.25) is 0 Å². The molecule has 0 aliphatic carbocycles. The molecule has 26 heavy (non-hydrogen) atoms. The highest BCUT2D eigenvalue weighted by molar-refractivity contribution is 5.81. The van der Waals surface area contributed by atoms with Crippen LogP contribution >= 0.6 is 0 Å². The predicted octanol–water partition coefficient (Wildman–Crippen LogP) is 4.96. The van der Waals surface area contributed by atoms with Crippen LogP contribution in [0.15, 0.2) is 30.0 Å². The van der Waals surface area contributed by atoms with Gasteiger partial charge in [0, 0.05) is 36.7 Å². The number of aromatic nitrogens is 1. The lowest BCUT2D eigenvalue weighted by atomic mass is 10.1. The van der Waals surface area contributed by atoms with Gasteiger partial charge < -0.3 is 14.2 Å². The molecule has 5 heteroatoms. The normalized spacial score (nSPS) is 11.8. The summed E-state index contributed by atoms with van der Waals surface area (Å²) >= 11 is 0. The van der Waals surface area contributed by atoms with Crippen LogP contribution in [0.25, 0.3) is 6.08 Å². The van der Waals surface area contributed by atoms with Crippen LogP contribution in [0, 0.1) is 12.7 Å². The SMILES string of the molecule is CC/C(=C/c1c(C)c(OC(C)C)c(C=O)n1C)N(C)c1ccc(F)cc1. The Labute approximate surface area is 154 Å². The van der Waals surface area contributed by atoms with Gasteiger partial charge in [0.2, 0.25) is 0 Å². The molecule has 0 saturated heterocycles. The number of allylic oxidation sites excluding steroid dienone is 1. The first-order valence-corrected chi connectivity index (χ1v) is 8.81. The second-order valence-electron chi connectivity index (χ2n) is 6.59. The van der Waals surface area contributed by atoms with Crippen molar-refractivity contribution < 1.29 is 13.9 Å². The molecule has 0 aliphatic rings. The van der Waals surface area contributed by atoms with E-state index in [9.17, 15) is 9.18 Å². The fraction of sp³-hybridized carbons (Fsp3) is 0.381. The molecule has 0 unspecified atom stereocenters. The van der Waals surface area contributed by atoms with Crippen molar-refractivity contribution in [3.8, 4) is 5.75 Å². The van der Waals surface area contributed by atoms with Gasteiger partial charge in [0.05, 0.1) is 6.10 Å². The summed E-state index contributed by atoms with van der Waals surface area (Å²) < 4.78 is 20.9.